The summed E-state index contributed by atoms with van der Waals surface area (Å²) in [4.78, 5) is 15.2. The highest BCUT2D eigenvalue weighted by Crippen LogP contribution is 2.50. The van der Waals surface area contributed by atoms with Gasteiger partial charge in [0.05, 0.1) is 4.92 Å². The summed E-state index contributed by atoms with van der Waals surface area (Å²) in [6, 6.07) is 15.4. The minimum absolute atomic E-state index is 0.0264. The van der Waals surface area contributed by atoms with Crippen LogP contribution in [0, 0.1) is 10.1 Å². The van der Waals surface area contributed by atoms with Gasteiger partial charge in [0.15, 0.2) is 0 Å². The first-order valence-electron chi connectivity index (χ1n) is 7.94. The van der Waals surface area contributed by atoms with Crippen LogP contribution >= 0.6 is 15.9 Å². The normalized spacial score (nSPS) is 14.0. The average Bonchev–Trinajstić information content (AvgIpc) is 2.82. The van der Waals surface area contributed by atoms with Crippen molar-refractivity contribution in [1.29, 1.82) is 0 Å². The molecule has 4 rings (SSSR count). The van der Waals surface area contributed by atoms with Gasteiger partial charge in [-0.3, -0.25) is 10.1 Å². The van der Waals surface area contributed by atoms with Crippen molar-refractivity contribution in [1.82, 2.24) is 4.98 Å². The standard InChI is InChI=1S/C20H15BrN2O2/c1-20(2)16-10-12(19-18(23(24)25)4-3-9-22-19)5-7-14(16)15-8-6-13(21)11-17(15)20/h3-11H,1-2H3. The minimum atomic E-state index is -0.382. The topological polar surface area (TPSA) is 56.0 Å². The summed E-state index contributed by atoms with van der Waals surface area (Å²) in [5, 5.41) is 11.3. The molecule has 0 aliphatic heterocycles. The molecule has 0 atom stereocenters. The Hall–Kier alpha value is -2.53. The van der Waals surface area contributed by atoms with Crippen LogP contribution in [-0.2, 0) is 5.41 Å². The molecule has 1 aromatic heterocycles. The van der Waals surface area contributed by atoms with Gasteiger partial charge < -0.3 is 0 Å². The van der Waals surface area contributed by atoms with E-state index in [1.165, 1.54) is 22.8 Å². The number of rotatable bonds is 2. The zero-order valence-corrected chi connectivity index (χ0v) is 15.4. The summed E-state index contributed by atoms with van der Waals surface area (Å²) < 4.78 is 1.05. The lowest BCUT2D eigenvalue weighted by molar-refractivity contribution is -0.384. The lowest BCUT2D eigenvalue weighted by Gasteiger charge is -2.22. The molecule has 0 bridgehead atoms. The summed E-state index contributed by atoms with van der Waals surface area (Å²) in [5.74, 6) is 0. The van der Waals surface area contributed by atoms with Crippen LogP contribution in [0.1, 0.15) is 25.0 Å². The van der Waals surface area contributed by atoms with Gasteiger partial charge in [-0.15, -0.1) is 0 Å². The third-order valence-corrected chi connectivity index (χ3v) is 5.39. The molecule has 0 saturated carbocycles. The average molecular weight is 395 g/mol. The SMILES string of the molecule is CC1(C)c2cc(Br)ccc2-c2ccc(-c3ncccc3[N+](=O)[O-])cc21. The fourth-order valence-corrected chi connectivity index (χ4v) is 3.98. The van der Waals surface area contributed by atoms with Crippen molar-refractivity contribution in [3.8, 4) is 22.4 Å². The van der Waals surface area contributed by atoms with Gasteiger partial charge in [0.25, 0.3) is 5.69 Å². The molecule has 1 aliphatic rings. The molecule has 2 aromatic carbocycles. The monoisotopic (exact) mass is 394 g/mol. The van der Waals surface area contributed by atoms with E-state index in [0.29, 0.717) is 5.69 Å². The van der Waals surface area contributed by atoms with Crippen molar-refractivity contribution < 1.29 is 4.92 Å². The van der Waals surface area contributed by atoms with Crippen molar-refractivity contribution in [3.05, 3.63) is 80.4 Å². The Labute approximate surface area is 153 Å². The first-order chi connectivity index (χ1) is 11.9. The highest BCUT2D eigenvalue weighted by atomic mass is 79.9. The van der Waals surface area contributed by atoms with Crippen LogP contribution in [0.2, 0.25) is 0 Å². The molecule has 124 valence electrons. The molecule has 25 heavy (non-hydrogen) atoms. The Morgan fingerprint density at radius 1 is 1.04 bits per heavy atom. The highest BCUT2D eigenvalue weighted by Gasteiger charge is 2.36. The largest absolute Gasteiger partial charge is 0.295 e. The number of nitro groups is 1. The van der Waals surface area contributed by atoms with Gasteiger partial charge in [0, 0.05) is 27.7 Å². The molecule has 1 aliphatic carbocycles. The molecular weight excluding hydrogens is 380 g/mol. The molecule has 0 radical (unpaired) electrons. The highest BCUT2D eigenvalue weighted by molar-refractivity contribution is 9.10. The van der Waals surface area contributed by atoms with Gasteiger partial charge in [-0.2, -0.15) is 0 Å². The summed E-state index contributed by atoms with van der Waals surface area (Å²) in [6.45, 7) is 4.36. The maximum atomic E-state index is 11.3. The van der Waals surface area contributed by atoms with Crippen LogP contribution in [-0.4, -0.2) is 9.91 Å². The third kappa shape index (κ3) is 2.38. The van der Waals surface area contributed by atoms with E-state index in [0.717, 1.165) is 15.6 Å². The van der Waals surface area contributed by atoms with Crippen molar-refractivity contribution in [2.24, 2.45) is 0 Å². The van der Waals surface area contributed by atoms with Gasteiger partial charge >= 0.3 is 0 Å². The fraction of sp³-hybridized carbons (Fsp3) is 0.150. The van der Waals surface area contributed by atoms with E-state index in [-0.39, 0.29) is 16.0 Å². The van der Waals surface area contributed by atoms with Gasteiger partial charge in [-0.05, 0) is 46.5 Å². The number of hydrogen-bond acceptors (Lipinski definition) is 3. The van der Waals surface area contributed by atoms with E-state index in [2.05, 4.69) is 46.9 Å². The van der Waals surface area contributed by atoms with E-state index < -0.39 is 0 Å². The summed E-state index contributed by atoms with van der Waals surface area (Å²) in [7, 11) is 0. The molecule has 0 amide bonds. The van der Waals surface area contributed by atoms with Crippen molar-refractivity contribution in [2.45, 2.75) is 19.3 Å². The fourth-order valence-electron chi connectivity index (χ4n) is 3.62. The predicted molar refractivity (Wildman–Crippen MR) is 102 cm³/mol. The second-order valence-electron chi connectivity index (χ2n) is 6.70. The Bertz CT molecular complexity index is 1030. The van der Waals surface area contributed by atoms with Gasteiger partial charge in [-0.25, -0.2) is 4.98 Å². The molecule has 1 heterocycles. The minimum Gasteiger partial charge on any atom is -0.258 e. The van der Waals surface area contributed by atoms with E-state index in [4.69, 9.17) is 0 Å². The van der Waals surface area contributed by atoms with E-state index >= 15 is 0 Å². The van der Waals surface area contributed by atoms with Crippen molar-refractivity contribution >= 4 is 21.6 Å². The van der Waals surface area contributed by atoms with E-state index in [1.807, 2.05) is 24.3 Å². The zero-order valence-electron chi connectivity index (χ0n) is 13.8. The molecular formula is C20H15BrN2O2. The van der Waals surface area contributed by atoms with Gasteiger partial charge in [0.2, 0.25) is 0 Å². The number of hydrogen-bond donors (Lipinski definition) is 0. The van der Waals surface area contributed by atoms with Gasteiger partial charge in [0.1, 0.15) is 5.69 Å². The third-order valence-electron chi connectivity index (χ3n) is 4.89. The number of aromatic nitrogens is 1. The number of benzene rings is 2. The van der Waals surface area contributed by atoms with Crippen LogP contribution in [0.3, 0.4) is 0 Å². The molecule has 0 N–H and O–H groups in total. The lowest BCUT2D eigenvalue weighted by Crippen LogP contribution is -2.15. The predicted octanol–water partition coefficient (Wildman–Crippen LogP) is 5.73. The van der Waals surface area contributed by atoms with Crippen LogP contribution in [0.5, 0.6) is 0 Å². The number of nitrogens with zero attached hydrogens (tertiary/aromatic N) is 2. The van der Waals surface area contributed by atoms with Crippen LogP contribution < -0.4 is 0 Å². The van der Waals surface area contributed by atoms with Crippen LogP contribution in [0.25, 0.3) is 22.4 Å². The molecule has 5 heteroatoms. The molecule has 0 fully saturated rings. The first-order valence-corrected chi connectivity index (χ1v) is 8.73. The maximum Gasteiger partial charge on any atom is 0.295 e. The number of pyridine rings is 1. The van der Waals surface area contributed by atoms with E-state index in [1.54, 1.807) is 12.3 Å². The maximum absolute atomic E-state index is 11.3. The summed E-state index contributed by atoms with van der Waals surface area (Å²) in [6.07, 6.45) is 1.59. The van der Waals surface area contributed by atoms with Crippen molar-refractivity contribution in [3.63, 3.8) is 0 Å². The molecule has 0 unspecified atom stereocenters. The molecule has 3 aromatic rings. The Morgan fingerprint density at radius 3 is 2.44 bits per heavy atom. The van der Waals surface area contributed by atoms with Crippen LogP contribution in [0.15, 0.2) is 59.2 Å². The first kappa shape index (κ1) is 16.0. The Morgan fingerprint density at radius 2 is 1.72 bits per heavy atom. The molecule has 0 spiro atoms. The second-order valence-corrected chi connectivity index (χ2v) is 7.62. The molecule has 4 nitrogen and oxygen atoms in total. The smallest absolute Gasteiger partial charge is 0.258 e. The summed E-state index contributed by atoms with van der Waals surface area (Å²) in [5.41, 5.74) is 5.84. The number of fused-ring (bicyclic) bond motifs is 3. The quantitative estimate of drug-likeness (QED) is 0.412. The lowest BCUT2D eigenvalue weighted by atomic mass is 9.82. The Kier molecular flexibility index (Phi) is 3.51. The van der Waals surface area contributed by atoms with E-state index in [9.17, 15) is 10.1 Å². The Balaban J connectivity index is 1.93. The summed E-state index contributed by atoms with van der Waals surface area (Å²) >= 11 is 3.55. The second kappa shape index (κ2) is 5.49. The zero-order chi connectivity index (χ0) is 17.8. The molecule has 0 saturated heterocycles. The van der Waals surface area contributed by atoms with Crippen LogP contribution in [0.4, 0.5) is 5.69 Å². The van der Waals surface area contributed by atoms with Gasteiger partial charge in [-0.1, -0.05) is 48.0 Å². The number of halogens is 1. The van der Waals surface area contributed by atoms with Crippen molar-refractivity contribution in [2.75, 3.05) is 0 Å².